The molecule has 17 heavy (non-hydrogen) atoms. The van der Waals surface area contributed by atoms with Gasteiger partial charge in [0.25, 0.3) is 0 Å². The van der Waals surface area contributed by atoms with E-state index in [0.717, 1.165) is 29.4 Å². The zero-order chi connectivity index (χ0) is 12.0. The highest BCUT2D eigenvalue weighted by Crippen LogP contribution is 2.35. The standard InChI is InChI=1S/C12H9Cl3N2/c13-8-1-2-9(10(14)4-8)7-3-12-16-11(15)6-17(12)5-7/h1-2,4,6-7H,3,5H2. The Kier molecular flexibility index (Phi) is 2.81. The molecule has 1 aliphatic heterocycles. The van der Waals surface area contributed by atoms with Crippen molar-refractivity contribution in [1.82, 2.24) is 9.55 Å². The van der Waals surface area contributed by atoms with Crippen molar-refractivity contribution in [2.45, 2.75) is 18.9 Å². The van der Waals surface area contributed by atoms with Gasteiger partial charge in [-0.2, -0.15) is 0 Å². The second-order valence-electron chi connectivity index (χ2n) is 4.20. The van der Waals surface area contributed by atoms with Gasteiger partial charge < -0.3 is 4.57 Å². The summed E-state index contributed by atoms with van der Waals surface area (Å²) in [6.45, 7) is 0.871. The molecule has 0 aliphatic carbocycles. The van der Waals surface area contributed by atoms with Crippen molar-refractivity contribution < 1.29 is 0 Å². The summed E-state index contributed by atoms with van der Waals surface area (Å²) >= 11 is 18.0. The Morgan fingerprint density at radius 1 is 1.24 bits per heavy atom. The molecule has 1 aromatic heterocycles. The van der Waals surface area contributed by atoms with Crippen LogP contribution in [0.3, 0.4) is 0 Å². The van der Waals surface area contributed by atoms with Gasteiger partial charge in [0.15, 0.2) is 0 Å². The van der Waals surface area contributed by atoms with Crippen LogP contribution in [0.1, 0.15) is 17.3 Å². The predicted molar refractivity (Wildman–Crippen MR) is 70.1 cm³/mol. The number of aromatic nitrogens is 2. The van der Waals surface area contributed by atoms with Crippen LogP contribution in [0.15, 0.2) is 24.4 Å². The molecular weight excluding hydrogens is 279 g/mol. The van der Waals surface area contributed by atoms with E-state index in [1.807, 2.05) is 18.3 Å². The zero-order valence-electron chi connectivity index (χ0n) is 8.83. The summed E-state index contributed by atoms with van der Waals surface area (Å²) < 4.78 is 2.08. The minimum atomic E-state index is 0.361. The molecule has 2 nitrogen and oxygen atoms in total. The Morgan fingerprint density at radius 2 is 2.06 bits per heavy atom. The summed E-state index contributed by atoms with van der Waals surface area (Å²) in [5.74, 6) is 1.38. The Labute approximate surface area is 114 Å². The molecule has 1 unspecified atom stereocenters. The lowest BCUT2D eigenvalue weighted by Gasteiger charge is -2.11. The molecule has 0 radical (unpaired) electrons. The van der Waals surface area contributed by atoms with Crippen molar-refractivity contribution in [2.75, 3.05) is 0 Å². The van der Waals surface area contributed by atoms with E-state index in [2.05, 4.69) is 9.55 Å². The minimum absolute atomic E-state index is 0.361. The molecule has 88 valence electrons. The van der Waals surface area contributed by atoms with Crippen molar-refractivity contribution in [1.29, 1.82) is 0 Å². The highest BCUT2D eigenvalue weighted by Gasteiger charge is 2.26. The Hall–Kier alpha value is -0.700. The van der Waals surface area contributed by atoms with Gasteiger partial charge in [0, 0.05) is 35.1 Å². The number of nitrogens with zero attached hydrogens (tertiary/aromatic N) is 2. The molecule has 1 aliphatic rings. The zero-order valence-corrected chi connectivity index (χ0v) is 11.1. The molecule has 2 aromatic rings. The minimum Gasteiger partial charge on any atom is -0.333 e. The molecule has 1 atom stereocenters. The van der Waals surface area contributed by atoms with E-state index in [1.54, 1.807) is 6.07 Å². The Balaban J connectivity index is 1.91. The number of benzene rings is 1. The van der Waals surface area contributed by atoms with Gasteiger partial charge in [-0.1, -0.05) is 40.9 Å². The fourth-order valence-electron chi connectivity index (χ4n) is 2.30. The van der Waals surface area contributed by atoms with Crippen LogP contribution in [0.4, 0.5) is 0 Å². The normalized spacial score (nSPS) is 18.4. The molecule has 0 fully saturated rings. The molecular formula is C12H9Cl3N2. The topological polar surface area (TPSA) is 17.8 Å². The van der Waals surface area contributed by atoms with E-state index in [9.17, 15) is 0 Å². The Morgan fingerprint density at radius 3 is 2.76 bits per heavy atom. The molecule has 2 heterocycles. The summed E-state index contributed by atoms with van der Waals surface area (Å²) in [7, 11) is 0. The van der Waals surface area contributed by atoms with Gasteiger partial charge in [0.1, 0.15) is 11.0 Å². The van der Waals surface area contributed by atoms with Crippen LogP contribution in [-0.2, 0) is 13.0 Å². The van der Waals surface area contributed by atoms with Crippen molar-refractivity contribution in [3.05, 3.63) is 51.0 Å². The highest BCUT2D eigenvalue weighted by molar-refractivity contribution is 6.35. The molecule has 0 saturated carbocycles. The third-order valence-electron chi connectivity index (χ3n) is 3.08. The lowest BCUT2D eigenvalue weighted by atomic mass is 9.98. The highest BCUT2D eigenvalue weighted by atomic mass is 35.5. The second-order valence-corrected chi connectivity index (χ2v) is 5.43. The number of rotatable bonds is 1. The average Bonchev–Trinajstić information content (AvgIpc) is 2.74. The van der Waals surface area contributed by atoms with Crippen LogP contribution in [0.5, 0.6) is 0 Å². The maximum atomic E-state index is 6.21. The number of hydrogen-bond acceptors (Lipinski definition) is 1. The Bertz CT molecular complexity index is 554. The number of halogens is 3. The summed E-state index contributed by atoms with van der Waals surface area (Å²) in [4.78, 5) is 4.27. The van der Waals surface area contributed by atoms with E-state index in [-0.39, 0.29) is 0 Å². The van der Waals surface area contributed by atoms with Gasteiger partial charge in [-0.15, -0.1) is 0 Å². The average molecular weight is 288 g/mol. The molecule has 0 bridgehead atoms. The predicted octanol–water partition coefficient (Wildman–Crippen LogP) is 4.18. The fraction of sp³-hybridized carbons (Fsp3) is 0.250. The van der Waals surface area contributed by atoms with Gasteiger partial charge in [-0.3, -0.25) is 0 Å². The molecule has 0 spiro atoms. The van der Waals surface area contributed by atoms with E-state index >= 15 is 0 Å². The molecule has 0 saturated heterocycles. The van der Waals surface area contributed by atoms with Crippen molar-refractivity contribution in [3.63, 3.8) is 0 Å². The van der Waals surface area contributed by atoms with Crippen molar-refractivity contribution in [3.8, 4) is 0 Å². The lowest BCUT2D eigenvalue weighted by Crippen LogP contribution is -2.01. The molecule has 1 aromatic carbocycles. The number of fused-ring (bicyclic) bond motifs is 1. The molecule has 3 rings (SSSR count). The summed E-state index contributed by atoms with van der Waals surface area (Å²) in [5, 5.41) is 1.94. The van der Waals surface area contributed by atoms with E-state index in [0.29, 0.717) is 16.1 Å². The van der Waals surface area contributed by atoms with Gasteiger partial charge in [0.2, 0.25) is 0 Å². The van der Waals surface area contributed by atoms with Crippen LogP contribution in [0, 0.1) is 0 Å². The quantitative estimate of drug-likeness (QED) is 0.769. The maximum Gasteiger partial charge on any atom is 0.147 e. The lowest BCUT2D eigenvalue weighted by molar-refractivity contribution is 0.652. The van der Waals surface area contributed by atoms with Crippen LogP contribution >= 0.6 is 34.8 Å². The molecule has 0 N–H and O–H groups in total. The van der Waals surface area contributed by atoms with E-state index in [4.69, 9.17) is 34.8 Å². The first kappa shape index (κ1) is 11.4. The number of imidazole rings is 1. The maximum absolute atomic E-state index is 6.21. The van der Waals surface area contributed by atoms with Gasteiger partial charge in [0.05, 0.1) is 0 Å². The van der Waals surface area contributed by atoms with Gasteiger partial charge in [-0.05, 0) is 17.7 Å². The van der Waals surface area contributed by atoms with Crippen LogP contribution < -0.4 is 0 Å². The molecule has 0 amide bonds. The van der Waals surface area contributed by atoms with Crippen LogP contribution in [0.25, 0.3) is 0 Å². The van der Waals surface area contributed by atoms with E-state index in [1.165, 1.54) is 0 Å². The third kappa shape index (κ3) is 2.05. The van der Waals surface area contributed by atoms with Crippen LogP contribution in [-0.4, -0.2) is 9.55 Å². The fourth-order valence-corrected chi connectivity index (χ4v) is 3.08. The smallest absolute Gasteiger partial charge is 0.147 e. The first-order chi connectivity index (χ1) is 8.13. The second kappa shape index (κ2) is 4.20. The third-order valence-corrected chi connectivity index (χ3v) is 3.82. The molecule has 5 heteroatoms. The monoisotopic (exact) mass is 286 g/mol. The number of hydrogen-bond donors (Lipinski definition) is 0. The summed E-state index contributed by atoms with van der Waals surface area (Å²) in [6, 6.07) is 5.65. The van der Waals surface area contributed by atoms with Crippen molar-refractivity contribution in [2.24, 2.45) is 0 Å². The summed E-state index contributed by atoms with van der Waals surface area (Å²) in [5.41, 5.74) is 1.12. The van der Waals surface area contributed by atoms with Gasteiger partial charge in [-0.25, -0.2) is 4.98 Å². The largest absolute Gasteiger partial charge is 0.333 e. The van der Waals surface area contributed by atoms with Crippen LogP contribution in [0.2, 0.25) is 15.2 Å². The van der Waals surface area contributed by atoms with E-state index < -0.39 is 0 Å². The summed E-state index contributed by atoms with van der Waals surface area (Å²) in [6.07, 6.45) is 2.73. The first-order valence-corrected chi connectivity index (χ1v) is 6.43. The van der Waals surface area contributed by atoms with Crippen molar-refractivity contribution >= 4 is 34.8 Å². The van der Waals surface area contributed by atoms with Gasteiger partial charge >= 0.3 is 0 Å². The first-order valence-electron chi connectivity index (χ1n) is 5.30. The SMILES string of the molecule is Clc1ccc(C2Cc3nc(Cl)cn3C2)c(Cl)c1.